The number of nitrogens with zero attached hydrogens (tertiary/aromatic N) is 5. The summed E-state index contributed by atoms with van der Waals surface area (Å²) in [6.45, 7) is 5.70. The second-order valence-corrected chi connectivity index (χ2v) is 8.88. The van der Waals surface area contributed by atoms with Gasteiger partial charge in [-0.15, -0.1) is 0 Å². The third-order valence-electron chi connectivity index (χ3n) is 6.29. The summed E-state index contributed by atoms with van der Waals surface area (Å²) >= 11 is 0. The zero-order valence-electron chi connectivity index (χ0n) is 19.7. The number of nitriles is 1. The Balaban J connectivity index is 1.29. The van der Waals surface area contributed by atoms with Crippen LogP contribution in [0.25, 0.3) is 11.3 Å². The predicted octanol–water partition coefficient (Wildman–Crippen LogP) is 3.39. The molecule has 0 spiro atoms. The molecule has 180 valence electrons. The monoisotopic (exact) mass is 471 g/mol. The number of pyridine rings is 1. The first-order valence-corrected chi connectivity index (χ1v) is 12.1. The average molecular weight is 472 g/mol. The van der Waals surface area contributed by atoms with Gasteiger partial charge in [0.2, 0.25) is 0 Å². The molecule has 0 aliphatic carbocycles. The second-order valence-electron chi connectivity index (χ2n) is 8.88. The molecule has 0 radical (unpaired) electrons. The lowest BCUT2D eigenvalue weighted by molar-refractivity contribution is 0.0254. The normalized spacial score (nSPS) is 17.1. The van der Waals surface area contributed by atoms with Crippen LogP contribution in [-0.2, 0) is 22.4 Å². The minimum absolute atomic E-state index is 0.0833. The molecule has 8 heteroatoms. The fourth-order valence-corrected chi connectivity index (χ4v) is 4.42. The zero-order valence-corrected chi connectivity index (χ0v) is 19.7. The fourth-order valence-electron chi connectivity index (χ4n) is 4.42. The first-order valence-electron chi connectivity index (χ1n) is 12.1. The Hall–Kier alpha value is -3.38. The molecular formula is C27H29N5O3. The van der Waals surface area contributed by atoms with E-state index in [1.54, 1.807) is 6.20 Å². The summed E-state index contributed by atoms with van der Waals surface area (Å²) < 4.78 is 16.9. The summed E-state index contributed by atoms with van der Waals surface area (Å²) in [5.74, 6) is 1.33. The van der Waals surface area contributed by atoms with Gasteiger partial charge in [-0.25, -0.2) is 9.97 Å². The summed E-state index contributed by atoms with van der Waals surface area (Å²) in [4.78, 5) is 16.1. The summed E-state index contributed by atoms with van der Waals surface area (Å²) in [6.07, 6.45) is 7.91. The molecule has 35 heavy (non-hydrogen) atoms. The van der Waals surface area contributed by atoms with Gasteiger partial charge in [0, 0.05) is 63.1 Å². The van der Waals surface area contributed by atoms with Gasteiger partial charge < -0.3 is 14.2 Å². The van der Waals surface area contributed by atoms with E-state index in [2.05, 4.69) is 27.0 Å². The van der Waals surface area contributed by atoms with Crippen LogP contribution in [0.3, 0.4) is 0 Å². The van der Waals surface area contributed by atoms with Crippen molar-refractivity contribution in [1.29, 1.82) is 5.26 Å². The largest absolute Gasteiger partial charge is 0.489 e. The van der Waals surface area contributed by atoms with Crippen molar-refractivity contribution in [1.82, 2.24) is 19.9 Å². The highest BCUT2D eigenvalue weighted by Gasteiger charge is 2.18. The Bertz CT molecular complexity index is 1180. The summed E-state index contributed by atoms with van der Waals surface area (Å²) in [7, 11) is 0. The Morgan fingerprint density at radius 1 is 1.00 bits per heavy atom. The van der Waals surface area contributed by atoms with E-state index in [9.17, 15) is 5.26 Å². The van der Waals surface area contributed by atoms with Gasteiger partial charge in [0.05, 0.1) is 37.7 Å². The number of rotatable bonds is 7. The van der Waals surface area contributed by atoms with Gasteiger partial charge in [0.25, 0.3) is 0 Å². The maximum atomic E-state index is 9.71. The van der Waals surface area contributed by atoms with E-state index in [0.717, 1.165) is 62.5 Å². The minimum atomic E-state index is 0.0833. The van der Waals surface area contributed by atoms with Crippen molar-refractivity contribution in [2.45, 2.75) is 31.9 Å². The fraction of sp³-hybridized carbons (Fsp3) is 0.407. The number of hydrogen-bond acceptors (Lipinski definition) is 8. The van der Waals surface area contributed by atoms with Crippen molar-refractivity contribution >= 4 is 0 Å². The van der Waals surface area contributed by atoms with Crippen LogP contribution < -0.4 is 4.74 Å². The van der Waals surface area contributed by atoms with Crippen LogP contribution in [0.15, 0.2) is 48.9 Å². The van der Waals surface area contributed by atoms with E-state index >= 15 is 0 Å². The van der Waals surface area contributed by atoms with E-state index < -0.39 is 0 Å². The van der Waals surface area contributed by atoms with Crippen molar-refractivity contribution in [3.05, 3.63) is 71.4 Å². The molecular weight excluding hydrogens is 442 g/mol. The molecule has 0 unspecified atom stereocenters. The molecule has 0 N–H and O–H groups in total. The van der Waals surface area contributed by atoms with Crippen LogP contribution in [0.4, 0.5) is 0 Å². The van der Waals surface area contributed by atoms with Gasteiger partial charge in [-0.1, -0.05) is 6.07 Å². The third-order valence-corrected chi connectivity index (χ3v) is 6.29. The topological polar surface area (TPSA) is 93.4 Å². The lowest BCUT2D eigenvalue weighted by atomic mass is 10.1. The molecule has 8 nitrogen and oxygen atoms in total. The zero-order chi connectivity index (χ0) is 23.9. The Morgan fingerprint density at radius 3 is 2.63 bits per heavy atom. The Morgan fingerprint density at radius 2 is 1.80 bits per heavy atom. The van der Waals surface area contributed by atoms with E-state index in [1.165, 1.54) is 5.56 Å². The standard InChI is InChI=1S/C27H29N5O3/c28-16-23-15-22(1-2-26(23)35-24-4-9-33-10-5-24)25-3-6-30-27(31-25)14-20-13-21(18-29-17-20)19-32-7-11-34-12-8-32/h1-3,6,13,15,17-18,24H,4-5,7-12,14,19H2. The van der Waals surface area contributed by atoms with Crippen LogP contribution in [0.5, 0.6) is 5.75 Å². The van der Waals surface area contributed by atoms with E-state index in [-0.39, 0.29) is 6.10 Å². The van der Waals surface area contributed by atoms with Gasteiger partial charge in [0.15, 0.2) is 0 Å². The summed E-state index contributed by atoms with van der Waals surface area (Å²) in [6, 6.07) is 12.0. The van der Waals surface area contributed by atoms with Crippen molar-refractivity contribution in [3.63, 3.8) is 0 Å². The molecule has 2 aromatic heterocycles. The van der Waals surface area contributed by atoms with Crippen molar-refractivity contribution in [3.8, 4) is 23.1 Å². The second kappa shape index (κ2) is 11.4. The molecule has 4 heterocycles. The van der Waals surface area contributed by atoms with Crippen LogP contribution in [0.1, 0.15) is 35.4 Å². The van der Waals surface area contributed by atoms with Crippen LogP contribution >= 0.6 is 0 Å². The molecule has 3 aromatic rings. The van der Waals surface area contributed by atoms with Crippen molar-refractivity contribution in [2.24, 2.45) is 0 Å². The molecule has 1 aromatic carbocycles. The third kappa shape index (κ3) is 6.20. The maximum absolute atomic E-state index is 9.71. The first-order chi connectivity index (χ1) is 17.3. The minimum Gasteiger partial charge on any atom is -0.489 e. The average Bonchev–Trinajstić information content (AvgIpc) is 2.90. The van der Waals surface area contributed by atoms with E-state index in [1.807, 2.05) is 36.7 Å². The number of morpholine rings is 1. The molecule has 2 aliphatic rings. The van der Waals surface area contributed by atoms with Crippen LogP contribution in [0.2, 0.25) is 0 Å². The predicted molar refractivity (Wildman–Crippen MR) is 130 cm³/mol. The highest BCUT2D eigenvalue weighted by Crippen LogP contribution is 2.27. The summed E-state index contributed by atoms with van der Waals surface area (Å²) in [5.41, 5.74) is 4.41. The van der Waals surface area contributed by atoms with Gasteiger partial charge in [-0.3, -0.25) is 9.88 Å². The van der Waals surface area contributed by atoms with Crippen LogP contribution in [0, 0.1) is 11.3 Å². The molecule has 2 aliphatic heterocycles. The highest BCUT2D eigenvalue weighted by atomic mass is 16.5. The quantitative estimate of drug-likeness (QED) is 0.518. The molecule has 0 saturated carbocycles. The van der Waals surface area contributed by atoms with Crippen LogP contribution in [-0.4, -0.2) is 65.5 Å². The SMILES string of the molecule is N#Cc1cc(-c2ccnc(Cc3cncc(CN4CCOCC4)c3)n2)ccc1OC1CCOCC1. The number of aromatic nitrogens is 3. The first kappa shape index (κ1) is 23.4. The lowest BCUT2D eigenvalue weighted by Gasteiger charge is -2.26. The molecule has 0 bridgehead atoms. The molecule has 0 amide bonds. The Kier molecular flexibility index (Phi) is 7.59. The molecule has 5 rings (SSSR count). The van der Waals surface area contributed by atoms with Crippen molar-refractivity contribution in [2.75, 3.05) is 39.5 Å². The van der Waals surface area contributed by atoms with E-state index in [4.69, 9.17) is 19.2 Å². The maximum Gasteiger partial charge on any atom is 0.137 e. The lowest BCUT2D eigenvalue weighted by Crippen LogP contribution is -2.35. The molecule has 2 saturated heterocycles. The van der Waals surface area contributed by atoms with Gasteiger partial charge >= 0.3 is 0 Å². The van der Waals surface area contributed by atoms with Crippen molar-refractivity contribution < 1.29 is 14.2 Å². The number of benzene rings is 1. The van der Waals surface area contributed by atoms with Gasteiger partial charge in [0.1, 0.15) is 23.7 Å². The van der Waals surface area contributed by atoms with Gasteiger partial charge in [-0.05, 0) is 35.4 Å². The summed E-state index contributed by atoms with van der Waals surface area (Å²) in [5, 5.41) is 9.71. The number of ether oxygens (including phenoxy) is 3. The Labute approximate surface area is 205 Å². The molecule has 2 fully saturated rings. The van der Waals surface area contributed by atoms with Gasteiger partial charge in [-0.2, -0.15) is 5.26 Å². The highest BCUT2D eigenvalue weighted by molar-refractivity contribution is 5.64. The smallest absolute Gasteiger partial charge is 0.137 e. The number of hydrogen-bond donors (Lipinski definition) is 0. The molecule has 0 atom stereocenters. The van der Waals surface area contributed by atoms with E-state index in [0.29, 0.717) is 36.8 Å².